The molecule has 0 spiro atoms. The third kappa shape index (κ3) is 12.3. The van der Waals surface area contributed by atoms with Gasteiger partial charge in [0.15, 0.2) is 5.82 Å². The minimum absolute atomic E-state index is 0.0369. The number of nitrogens with one attached hydrogen (secondary N) is 3. The van der Waals surface area contributed by atoms with E-state index in [4.69, 9.17) is 31.0 Å². The van der Waals surface area contributed by atoms with Crippen LogP contribution in [0.4, 0.5) is 20.3 Å². The number of aromatic nitrogens is 3. The fourth-order valence-corrected chi connectivity index (χ4v) is 12.9. The van der Waals surface area contributed by atoms with Crippen molar-refractivity contribution in [1.29, 1.82) is 5.26 Å². The van der Waals surface area contributed by atoms with Crippen molar-refractivity contribution in [2.45, 2.75) is 115 Å². The molecule has 19 nitrogen and oxygen atoms in total. The Morgan fingerprint density at radius 2 is 1.70 bits per heavy atom. The Morgan fingerprint density at radius 3 is 2.38 bits per heavy atom. The van der Waals surface area contributed by atoms with Crippen LogP contribution in [0.5, 0.6) is 6.01 Å². The van der Waals surface area contributed by atoms with Gasteiger partial charge in [-0.2, -0.15) is 15.2 Å². The van der Waals surface area contributed by atoms with Gasteiger partial charge in [0.1, 0.15) is 48.1 Å². The molecular formula is C63H71F2N11O8. The smallest absolute Gasteiger partial charge is 0.319 e. The van der Waals surface area contributed by atoms with E-state index in [0.29, 0.717) is 72.5 Å². The van der Waals surface area contributed by atoms with Crippen molar-refractivity contribution in [3.05, 3.63) is 95.2 Å². The van der Waals surface area contributed by atoms with Crippen LogP contribution < -0.4 is 30.5 Å². The van der Waals surface area contributed by atoms with Crippen molar-refractivity contribution < 1.29 is 47.4 Å². The normalized spacial score (nSPS) is 23.1. The van der Waals surface area contributed by atoms with Gasteiger partial charge in [-0.15, -0.1) is 6.42 Å². The highest BCUT2D eigenvalue weighted by Crippen LogP contribution is 2.45. The van der Waals surface area contributed by atoms with Crippen LogP contribution in [0.15, 0.2) is 66.9 Å². The number of aliphatic hydroxyl groups is 1. The molecule has 84 heavy (non-hydrogen) atoms. The van der Waals surface area contributed by atoms with E-state index in [2.05, 4.69) is 54.2 Å². The highest BCUT2D eigenvalue weighted by atomic mass is 19.1. The lowest BCUT2D eigenvalue weighted by Gasteiger charge is -2.35. The van der Waals surface area contributed by atoms with Crippen molar-refractivity contribution >= 4 is 69.4 Å². The van der Waals surface area contributed by atoms with Crippen molar-refractivity contribution in [2.24, 2.45) is 11.8 Å². The molecule has 6 atom stereocenters. The maximum atomic E-state index is 16.9. The Labute approximate surface area is 487 Å². The van der Waals surface area contributed by atoms with Crippen LogP contribution in [0.3, 0.4) is 0 Å². The highest BCUT2D eigenvalue weighted by Gasteiger charge is 2.51. The quantitative estimate of drug-likeness (QED) is 0.0564. The Hall–Kier alpha value is -8.08. The first-order valence-electron chi connectivity index (χ1n) is 28.8. The molecule has 6 unspecified atom stereocenters. The summed E-state index contributed by atoms with van der Waals surface area (Å²) in [6.07, 6.45) is 14.9. The first-order chi connectivity index (χ1) is 40.5. The number of fused-ring (bicyclic) bond motifs is 6. The molecule has 7 aliphatic rings. The number of imide groups is 2. The van der Waals surface area contributed by atoms with E-state index in [1.54, 1.807) is 49.5 Å². The van der Waals surface area contributed by atoms with Crippen LogP contribution >= 0.6 is 0 Å². The number of ketones is 1. The number of rotatable bonds is 13. The van der Waals surface area contributed by atoms with Gasteiger partial charge in [0.05, 0.1) is 39.6 Å². The number of carbonyl (C=O) groups is 6. The summed E-state index contributed by atoms with van der Waals surface area (Å²) in [4.78, 5) is 90.6. The summed E-state index contributed by atoms with van der Waals surface area (Å²) >= 11 is 0. The standard InChI is InChI=1S/C39H40F2N8O.C20H21N3O5.C3H8O.CH2O/c1-4-29-32(40)11-8-25-6-5-7-30(33(25)29)35-34(41)36-31(18-44-35)37(48-20-26-9-10-27(21-48)45-26)47-38(46-36)50-22-39-13-12-28(17-43-16-24(3)15-42)49(39)19-23(2)14-39;1-11(24)12-6-8-22(9-7-12)13-2-3-14-15(10-13)20(28)23(19(14)27)16-4-5-17(25)21-18(16)26;1-2-3-4;1-2/h1,5-8,11,18,24,26-28,43,45H,2,9-10,12-14,16-17,19-22H2,3H3;2-3,10,12,16H,4-9H2,1H3,(H,21,25,26);4H,2-3H2,1H3;1H2. The first-order valence-corrected chi connectivity index (χ1v) is 28.8. The number of ether oxygens (including phenoxy) is 1. The predicted molar refractivity (Wildman–Crippen MR) is 313 cm³/mol. The minimum atomic E-state index is -0.958. The molecule has 6 saturated heterocycles. The number of amides is 4. The largest absolute Gasteiger partial charge is 0.461 e. The number of hydrogen-bond donors (Lipinski definition) is 4. The topological polar surface area (TPSA) is 243 Å². The van der Waals surface area contributed by atoms with E-state index >= 15 is 4.39 Å². The second-order valence-corrected chi connectivity index (χ2v) is 22.7. The lowest BCUT2D eigenvalue weighted by atomic mass is 9.93. The van der Waals surface area contributed by atoms with Crippen LogP contribution in [0, 0.1) is 47.1 Å². The molecule has 6 fully saturated rings. The van der Waals surface area contributed by atoms with Crippen molar-refractivity contribution in [3.8, 4) is 35.7 Å². The molecule has 440 valence electrons. The number of piperazine rings is 1. The molecule has 12 rings (SSSR count). The summed E-state index contributed by atoms with van der Waals surface area (Å²) in [7, 11) is 0. The van der Waals surface area contributed by atoms with Crippen LogP contribution in [0.25, 0.3) is 32.9 Å². The Morgan fingerprint density at radius 1 is 0.976 bits per heavy atom. The lowest BCUT2D eigenvalue weighted by Crippen LogP contribution is -2.54. The Balaban J connectivity index is 0.000000210. The number of carbonyl (C=O) groups excluding carboxylic acids is 6. The molecule has 4 N–H and O–H groups in total. The third-order valence-corrected chi connectivity index (χ3v) is 17.1. The predicted octanol–water partition coefficient (Wildman–Crippen LogP) is 6.43. The second kappa shape index (κ2) is 26.2. The second-order valence-electron chi connectivity index (χ2n) is 22.7. The number of halogens is 2. The number of aliphatic hydroxyl groups excluding tert-OH is 1. The highest BCUT2D eigenvalue weighted by molar-refractivity contribution is 6.23. The number of nitriles is 1. The van der Waals surface area contributed by atoms with Gasteiger partial charge < -0.3 is 35.1 Å². The van der Waals surface area contributed by atoms with Gasteiger partial charge in [0.25, 0.3) is 11.8 Å². The molecule has 5 aromatic rings. The van der Waals surface area contributed by atoms with E-state index < -0.39 is 41.3 Å². The van der Waals surface area contributed by atoms with Gasteiger partial charge in [-0.1, -0.05) is 49.3 Å². The number of Topliss-reactive ketones (excluding diaryl/α,β-unsaturated/α-hetero) is 1. The Kier molecular flexibility index (Phi) is 18.9. The summed E-state index contributed by atoms with van der Waals surface area (Å²) in [6, 6.07) is 15.8. The molecule has 4 amide bonds. The molecule has 3 aromatic carbocycles. The van der Waals surface area contributed by atoms with Crippen LogP contribution in [-0.2, 0) is 19.2 Å². The van der Waals surface area contributed by atoms with E-state index in [1.165, 1.54) is 6.07 Å². The maximum Gasteiger partial charge on any atom is 0.319 e. The molecule has 2 bridgehead atoms. The van der Waals surface area contributed by atoms with E-state index in [9.17, 15) is 33.6 Å². The minimum Gasteiger partial charge on any atom is -0.461 e. The van der Waals surface area contributed by atoms with Crippen LogP contribution in [-0.4, -0.2) is 155 Å². The Bertz CT molecular complexity index is 3460. The monoisotopic (exact) mass is 1150 g/mol. The van der Waals surface area contributed by atoms with Crippen molar-refractivity contribution in [2.75, 3.05) is 68.8 Å². The van der Waals surface area contributed by atoms with Gasteiger partial charge in [0, 0.05) is 106 Å². The van der Waals surface area contributed by atoms with Crippen LogP contribution in [0.2, 0.25) is 0 Å². The average Bonchev–Trinajstić information content (AvgIpc) is 2.14. The van der Waals surface area contributed by atoms with E-state index in [-0.39, 0.29) is 76.0 Å². The van der Waals surface area contributed by atoms with Gasteiger partial charge in [0.2, 0.25) is 11.8 Å². The summed E-state index contributed by atoms with van der Waals surface area (Å²) in [5.41, 5.74) is 2.86. The zero-order valence-corrected chi connectivity index (χ0v) is 47.7. The van der Waals surface area contributed by atoms with E-state index in [1.807, 2.05) is 26.7 Å². The summed E-state index contributed by atoms with van der Waals surface area (Å²) in [5, 5.41) is 28.0. The molecule has 0 radical (unpaired) electrons. The van der Waals surface area contributed by atoms with Gasteiger partial charge in [-0.3, -0.25) is 44.1 Å². The number of nitrogens with zero attached hydrogens (tertiary/aromatic N) is 8. The molecule has 0 aliphatic carbocycles. The number of benzene rings is 3. The average molecular weight is 1150 g/mol. The maximum absolute atomic E-state index is 16.9. The van der Waals surface area contributed by atoms with Crippen molar-refractivity contribution in [3.63, 3.8) is 0 Å². The number of piperidine rings is 2. The molecular weight excluding hydrogens is 1080 g/mol. The molecule has 0 saturated carbocycles. The zero-order valence-electron chi connectivity index (χ0n) is 47.7. The van der Waals surface area contributed by atoms with E-state index in [0.717, 1.165) is 93.7 Å². The van der Waals surface area contributed by atoms with Gasteiger partial charge >= 0.3 is 6.01 Å². The number of pyridine rings is 1. The molecule has 2 aromatic heterocycles. The summed E-state index contributed by atoms with van der Waals surface area (Å²) < 4.78 is 38.3. The van der Waals surface area contributed by atoms with Crippen LogP contribution in [0.1, 0.15) is 111 Å². The summed E-state index contributed by atoms with van der Waals surface area (Å²) in [6.45, 7) is 17.5. The molecule has 7 aliphatic heterocycles. The third-order valence-electron chi connectivity index (χ3n) is 17.1. The van der Waals surface area contributed by atoms with Gasteiger partial charge in [-0.05, 0) is 101 Å². The fraction of sp³-hybridized carbons (Fsp3) is 0.460. The SMILES string of the molecule is C#Cc1c(F)ccc2cccc(-c3ncc4c(N5CC6CCC(C5)N6)nc(OCC56CCC(CNCC(C)C#N)N5CC(=C)C6)nc4c3F)c12.C=O.CC(=O)C1CCN(c2ccc3c(c2)C(=O)N(C2CCC(=O)NC2=O)C3=O)CC1.CCCO. The summed E-state index contributed by atoms with van der Waals surface area (Å²) in [5.74, 6) is 0.0789. The number of hydrogen-bond acceptors (Lipinski definition) is 17. The van der Waals surface area contributed by atoms with Gasteiger partial charge in [-0.25, -0.2) is 8.78 Å². The van der Waals surface area contributed by atoms with Crippen molar-refractivity contribution in [1.82, 2.24) is 40.7 Å². The molecule has 9 heterocycles. The zero-order chi connectivity index (χ0) is 60.0. The molecule has 21 heteroatoms. The number of terminal acetylenes is 1. The first kappa shape index (κ1) is 60.5. The lowest BCUT2D eigenvalue weighted by molar-refractivity contribution is -0.136. The number of anilines is 2. The fourth-order valence-electron chi connectivity index (χ4n) is 12.9.